The predicted molar refractivity (Wildman–Crippen MR) is 89.7 cm³/mol. The summed E-state index contributed by atoms with van der Waals surface area (Å²) in [5.41, 5.74) is 5.64. The first-order valence-corrected chi connectivity index (χ1v) is 8.72. The van der Waals surface area contributed by atoms with Crippen molar-refractivity contribution < 1.29 is 34.5 Å². The van der Waals surface area contributed by atoms with Crippen LogP contribution in [0.25, 0.3) is 0 Å². The summed E-state index contributed by atoms with van der Waals surface area (Å²) < 4.78 is 0. The van der Waals surface area contributed by atoms with Gasteiger partial charge in [0.1, 0.15) is 12.1 Å². The van der Waals surface area contributed by atoms with Gasteiger partial charge >= 0.3 is 5.97 Å². The van der Waals surface area contributed by atoms with Gasteiger partial charge in [0.05, 0.1) is 25.8 Å². The first-order valence-electron chi connectivity index (χ1n) is 7.33. The summed E-state index contributed by atoms with van der Waals surface area (Å²) in [7, 11) is 0. The molecule has 0 aromatic rings. The van der Waals surface area contributed by atoms with Crippen molar-refractivity contribution in [3.05, 3.63) is 0 Å². The van der Waals surface area contributed by atoms with Crippen LogP contribution in [0.2, 0.25) is 0 Å². The Hall–Kier alpha value is -1.89. The second-order valence-corrected chi connectivity index (χ2v) is 5.98. The molecule has 0 rings (SSSR count). The van der Waals surface area contributed by atoms with Crippen molar-refractivity contribution >= 4 is 35.5 Å². The molecular weight excluding hydrogens is 356 g/mol. The third-order valence-corrected chi connectivity index (χ3v) is 3.67. The van der Waals surface area contributed by atoms with Crippen LogP contribution in [-0.4, -0.2) is 88.9 Å². The van der Waals surface area contributed by atoms with Crippen molar-refractivity contribution in [3.63, 3.8) is 0 Å². The van der Waals surface area contributed by atoms with Crippen molar-refractivity contribution in [1.29, 1.82) is 0 Å². The fourth-order valence-corrected chi connectivity index (χ4v) is 2.06. The fraction of sp³-hybridized carbons (Fsp3) is 0.692. The number of nitrogens with two attached hydrogens (primary N) is 1. The van der Waals surface area contributed by atoms with E-state index >= 15 is 0 Å². The SMILES string of the molecule is CSCC[C@H](N)C(=O)N[C@@H](CO)C(=O)NCC(=O)N[C@@H](CO)C(=O)O. The molecule has 0 unspecified atom stereocenters. The molecule has 0 spiro atoms. The van der Waals surface area contributed by atoms with Gasteiger partial charge in [-0.05, 0) is 18.4 Å². The summed E-state index contributed by atoms with van der Waals surface area (Å²) in [6, 6.07) is -3.63. The standard InChI is InChI=1S/C13H24N4O7S/c1-25-3-2-7(14)11(21)17-8(5-18)12(22)15-4-10(20)16-9(6-19)13(23)24/h7-9,18-19H,2-6,14H2,1H3,(H,15,22)(H,16,20)(H,17,21)(H,23,24)/t7-,8-,9-/m0/s1. The molecule has 0 aliphatic rings. The Morgan fingerprint density at radius 2 is 1.64 bits per heavy atom. The van der Waals surface area contributed by atoms with Crippen LogP contribution in [0.15, 0.2) is 0 Å². The Morgan fingerprint density at radius 1 is 1.04 bits per heavy atom. The number of aliphatic hydroxyl groups is 2. The molecule has 11 nitrogen and oxygen atoms in total. The maximum absolute atomic E-state index is 11.9. The quantitative estimate of drug-likeness (QED) is 0.178. The minimum absolute atomic E-state index is 0.396. The van der Waals surface area contributed by atoms with Gasteiger partial charge in [-0.25, -0.2) is 4.79 Å². The number of carbonyl (C=O) groups is 4. The maximum atomic E-state index is 11.9. The number of carboxylic acids is 1. The van der Waals surface area contributed by atoms with E-state index in [1.165, 1.54) is 11.8 Å². The highest BCUT2D eigenvalue weighted by atomic mass is 32.2. The number of nitrogens with one attached hydrogen (secondary N) is 3. The van der Waals surface area contributed by atoms with Crippen LogP contribution >= 0.6 is 11.8 Å². The summed E-state index contributed by atoms with van der Waals surface area (Å²) in [5, 5.41) is 33.1. The Bertz CT molecular complexity index is 477. The number of hydrogen-bond acceptors (Lipinski definition) is 8. The molecule has 3 atom stereocenters. The van der Waals surface area contributed by atoms with Gasteiger partial charge in [0.15, 0.2) is 0 Å². The van der Waals surface area contributed by atoms with Crippen LogP contribution in [-0.2, 0) is 19.2 Å². The molecule has 25 heavy (non-hydrogen) atoms. The maximum Gasteiger partial charge on any atom is 0.328 e. The van der Waals surface area contributed by atoms with Crippen molar-refractivity contribution in [2.45, 2.75) is 24.5 Å². The van der Waals surface area contributed by atoms with Crippen LogP contribution in [0.4, 0.5) is 0 Å². The van der Waals surface area contributed by atoms with Crippen molar-refractivity contribution in [3.8, 4) is 0 Å². The Balaban J connectivity index is 4.43. The number of amides is 3. The highest BCUT2D eigenvalue weighted by molar-refractivity contribution is 7.98. The lowest BCUT2D eigenvalue weighted by Crippen LogP contribution is -2.55. The van der Waals surface area contributed by atoms with E-state index in [9.17, 15) is 24.3 Å². The lowest BCUT2D eigenvalue weighted by Gasteiger charge is -2.19. The van der Waals surface area contributed by atoms with Crippen LogP contribution in [0.1, 0.15) is 6.42 Å². The summed E-state index contributed by atoms with van der Waals surface area (Å²) in [4.78, 5) is 45.8. The van der Waals surface area contributed by atoms with Crippen LogP contribution in [0, 0.1) is 0 Å². The van der Waals surface area contributed by atoms with Gasteiger partial charge in [-0.1, -0.05) is 0 Å². The van der Waals surface area contributed by atoms with E-state index in [-0.39, 0.29) is 0 Å². The Labute approximate surface area is 148 Å². The minimum atomic E-state index is -1.49. The number of carbonyl (C=O) groups excluding carboxylic acids is 3. The first-order chi connectivity index (χ1) is 11.8. The molecule has 0 aliphatic carbocycles. The van der Waals surface area contributed by atoms with Crippen molar-refractivity contribution in [1.82, 2.24) is 16.0 Å². The third kappa shape index (κ3) is 9.24. The molecule has 8 N–H and O–H groups in total. The van der Waals surface area contributed by atoms with Crippen LogP contribution in [0.3, 0.4) is 0 Å². The number of thioether (sulfide) groups is 1. The van der Waals surface area contributed by atoms with E-state index in [0.29, 0.717) is 12.2 Å². The van der Waals surface area contributed by atoms with Gasteiger partial charge in [0.25, 0.3) is 0 Å². The number of hydrogen-bond donors (Lipinski definition) is 7. The summed E-state index contributed by atoms with van der Waals surface area (Å²) >= 11 is 1.51. The summed E-state index contributed by atoms with van der Waals surface area (Å²) in [6.45, 7) is -2.10. The van der Waals surface area contributed by atoms with E-state index in [4.69, 9.17) is 15.9 Å². The van der Waals surface area contributed by atoms with E-state index in [1.807, 2.05) is 11.6 Å². The highest BCUT2D eigenvalue weighted by Crippen LogP contribution is 1.99. The monoisotopic (exact) mass is 380 g/mol. The van der Waals surface area contributed by atoms with E-state index in [2.05, 4.69) is 10.6 Å². The molecule has 12 heteroatoms. The number of aliphatic carboxylic acids is 1. The van der Waals surface area contributed by atoms with Gasteiger partial charge in [0.2, 0.25) is 17.7 Å². The van der Waals surface area contributed by atoms with Crippen molar-refractivity contribution in [2.75, 3.05) is 31.8 Å². The zero-order chi connectivity index (χ0) is 19.4. The van der Waals surface area contributed by atoms with E-state index < -0.39 is 61.6 Å². The topological polar surface area (TPSA) is 191 Å². The Kier molecular flexibility index (Phi) is 11.5. The Morgan fingerprint density at radius 3 is 2.12 bits per heavy atom. The second-order valence-electron chi connectivity index (χ2n) is 4.99. The lowest BCUT2D eigenvalue weighted by atomic mass is 10.2. The zero-order valence-electron chi connectivity index (χ0n) is 13.7. The molecular formula is C13H24N4O7S. The number of carboxylic acid groups (broad SMARTS) is 1. The minimum Gasteiger partial charge on any atom is -0.480 e. The van der Waals surface area contributed by atoms with Gasteiger partial charge in [-0.2, -0.15) is 11.8 Å². The molecule has 0 radical (unpaired) electrons. The molecule has 0 heterocycles. The zero-order valence-corrected chi connectivity index (χ0v) is 14.5. The van der Waals surface area contributed by atoms with Gasteiger partial charge in [-0.15, -0.1) is 0 Å². The fourth-order valence-electron chi connectivity index (χ4n) is 1.57. The molecule has 0 fully saturated rings. The van der Waals surface area contributed by atoms with Crippen LogP contribution in [0.5, 0.6) is 0 Å². The predicted octanol–water partition coefficient (Wildman–Crippen LogP) is -3.78. The summed E-state index contributed by atoms with van der Waals surface area (Å²) in [5.74, 6) is -3.07. The molecule has 0 saturated heterocycles. The highest BCUT2D eigenvalue weighted by Gasteiger charge is 2.24. The van der Waals surface area contributed by atoms with Gasteiger partial charge in [-0.3, -0.25) is 14.4 Å². The normalized spacial score (nSPS) is 14.1. The molecule has 0 saturated carbocycles. The molecule has 144 valence electrons. The molecule has 3 amide bonds. The van der Waals surface area contributed by atoms with E-state index in [0.717, 1.165) is 0 Å². The number of rotatable bonds is 12. The van der Waals surface area contributed by atoms with Gasteiger partial charge in [0, 0.05) is 0 Å². The molecule has 0 aliphatic heterocycles. The number of aliphatic hydroxyl groups excluding tert-OH is 2. The summed E-state index contributed by atoms with van der Waals surface area (Å²) in [6.07, 6.45) is 2.25. The average molecular weight is 380 g/mol. The molecule has 0 bridgehead atoms. The smallest absolute Gasteiger partial charge is 0.328 e. The average Bonchev–Trinajstić information content (AvgIpc) is 2.59. The van der Waals surface area contributed by atoms with Crippen LogP contribution < -0.4 is 21.7 Å². The van der Waals surface area contributed by atoms with E-state index in [1.54, 1.807) is 0 Å². The van der Waals surface area contributed by atoms with Gasteiger partial charge < -0.3 is 37.0 Å². The first kappa shape index (κ1) is 23.1. The van der Waals surface area contributed by atoms with Crippen molar-refractivity contribution in [2.24, 2.45) is 5.73 Å². The molecule has 0 aromatic heterocycles. The molecule has 0 aromatic carbocycles. The lowest BCUT2D eigenvalue weighted by molar-refractivity contribution is -0.142. The largest absolute Gasteiger partial charge is 0.480 e. The third-order valence-electron chi connectivity index (χ3n) is 3.02. The second kappa shape index (κ2) is 12.5.